The van der Waals surface area contributed by atoms with E-state index >= 15 is 0 Å². The molecule has 0 aromatic heterocycles. The standard InChI is InChI=1S/C31H43N3O6/c1-6-7-15-32(16-8-17-34(2,3)4)28(35)20-33-19-25(23-11-14-26-27(18-23)40-21-39-26)29(31(36)37)30(33)22-9-12-24(38-5)13-10-22/h9-14,18,25,29-30H,6-8,15-17,19-21H2,1-5H3/p+1/t25-,29+,30-/m1/s1. The topological polar surface area (TPSA) is 88.5 Å². The molecule has 1 N–H and O–H groups in total. The number of carbonyl (C=O) groups excluding carboxylic acids is 1. The second-order valence-corrected chi connectivity index (χ2v) is 11.8. The summed E-state index contributed by atoms with van der Waals surface area (Å²) in [6.45, 7) is 5.27. The van der Waals surface area contributed by atoms with Crippen molar-refractivity contribution in [3.63, 3.8) is 0 Å². The summed E-state index contributed by atoms with van der Waals surface area (Å²) in [7, 11) is 8.08. The van der Waals surface area contributed by atoms with Crippen LogP contribution in [-0.2, 0) is 9.59 Å². The number of unbranched alkanes of at least 4 members (excludes halogenated alkanes) is 1. The number of benzene rings is 2. The molecule has 9 nitrogen and oxygen atoms in total. The highest BCUT2D eigenvalue weighted by atomic mass is 16.7. The Morgan fingerprint density at radius 1 is 1.02 bits per heavy atom. The molecule has 218 valence electrons. The number of carboxylic acid groups (broad SMARTS) is 1. The Hall–Kier alpha value is -3.30. The minimum absolute atomic E-state index is 0.0452. The van der Waals surface area contributed by atoms with Crippen LogP contribution in [0.5, 0.6) is 17.2 Å². The molecule has 1 amide bonds. The normalized spacial score (nSPS) is 20.5. The lowest BCUT2D eigenvalue weighted by atomic mass is 9.82. The van der Waals surface area contributed by atoms with Gasteiger partial charge in [-0.15, -0.1) is 0 Å². The van der Waals surface area contributed by atoms with Crippen LogP contribution in [0.1, 0.15) is 49.3 Å². The van der Waals surface area contributed by atoms with Gasteiger partial charge in [-0.2, -0.15) is 0 Å². The largest absolute Gasteiger partial charge is 0.497 e. The first-order chi connectivity index (χ1) is 19.1. The zero-order valence-electron chi connectivity index (χ0n) is 24.5. The Bertz CT molecular complexity index is 1160. The van der Waals surface area contributed by atoms with Crippen molar-refractivity contribution >= 4 is 11.9 Å². The van der Waals surface area contributed by atoms with Crippen LogP contribution < -0.4 is 14.2 Å². The molecule has 2 heterocycles. The number of rotatable bonds is 13. The Labute approximate surface area is 237 Å². The number of fused-ring (bicyclic) bond motifs is 1. The summed E-state index contributed by atoms with van der Waals surface area (Å²) in [5.74, 6) is 0.0746. The summed E-state index contributed by atoms with van der Waals surface area (Å²) in [4.78, 5) is 30.7. The highest BCUT2D eigenvalue weighted by Crippen LogP contribution is 2.47. The van der Waals surface area contributed by atoms with Crippen LogP contribution in [0.25, 0.3) is 0 Å². The van der Waals surface area contributed by atoms with Crippen molar-refractivity contribution in [3.8, 4) is 17.2 Å². The van der Waals surface area contributed by atoms with Crippen LogP contribution in [0, 0.1) is 5.92 Å². The van der Waals surface area contributed by atoms with Gasteiger partial charge in [0.25, 0.3) is 0 Å². The number of ether oxygens (including phenoxy) is 3. The molecule has 0 aliphatic carbocycles. The Morgan fingerprint density at radius 3 is 2.35 bits per heavy atom. The molecule has 0 radical (unpaired) electrons. The van der Waals surface area contributed by atoms with E-state index in [1.54, 1.807) is 7.11 Å². The Morgan fingerprint density at radius 2 is 1.70 bits per heavy atom. The van der Waals surface area contributed by atoms with Crippen LogP contribution in [0.15, 0.2) is 42.5 Å². The van der Waals surface area contributed by atoms with E-state index in [0.29, 0.717) is 36.9 Å². The lowest BCUT2D eigenvalue weighted by Crippen LogP contribution is -2.43. The summed E-state index contributed by atoms with van der Waals surface area (Å²) in [5, 5.41) is 10.5. The number of aliphatic carboxylic acids is 1. The molecular weight excluding hydrogens is 510 g/mol. The lowest BCUT2D eigenvalue weighted by molar-refractivity contribution is -0.870. The molecule has 2 aromatic rings. The number of nitrogens with zero attached hydrogens (tertiary/aromatic N) is 3. The molecule has 0 unspecified atom stereocenters. The molecule has 2 aliphatic heterocycles. The third-order valence-electron chi connectivity index (χ3n) is 7.90. The molecule has 40 heavy (non-hydrogen) atoms. The maximum absolute atomic E-state index is 13.8. The molecule has 9 heteroatoms. The van der Waals surface area contributed by atoms with E-state index in [9.17, 15) is 14.7 Å². The molecule has 4 rings (SSSR count). The maximum Gasteiger partial charge on any atom is 0.309 e. The van der Waals surface area contributed by atoms with Gasteiger partial charge in [-0.25, -0.2) is 0 Å². The van der Waals surface area contributed by atoms with Gasteiger partial charge >= 0.3 is 5.97 Å². The van der Waals surface area contributed by atoms with E-state index in [-0.39, 0.29) is 25.2 Å². The van der Waals surface area contributed by atoms with Crippen molar-refractivity contribution in [1.82, 2.24) is 9.80 Å². The van der Waals surface area contributed by atoms with Gasteiger partial charge in [0, 0.05) is 38.0 Å². The van der Waals surface area contributed by atoms with Gasteiger partial charge in [0.1, 0.15) is 5.75 Å². The minimum atomic E-state index is -0.885. The van der Waals surface area contributed by atoms with Crippen molar-refractivity contribution in [1.29, 1.82) is 0 Å². The summed E-state index contributed by atoms with van der Waals surface area (Å²) < 4.78 is 17.3. The van der Waals surface area contributed by atoms with Gasteiger partial charge in [0.15, 0.2) is 11.5 Å². The molecule has 1 saturated heterocycles. The average Bonchev–Trinajstić information content (AvgIpc) is 3.54. The van der Waals surface area contributed by atoms with Crippen LogP contribution >= 0.6 is 0 Å². The first-order valence-corrected chi connectivity index (χ1v) is 14.2. The summed E-state index contributed by atoms with van der Waals surface area (Å²) >= 11 is 0. The molecule has 0 bridgehead atoms. The number of carboxylic acids is 1. The maximum atomic E-state index is 13.8. The zero-order chi connectivity index (χ0) is 28.9. The number of carbonyl (C=O) groups is 2. The minimum Gasteiger partial charge on any atom is -0.497 e. The molecular formula is C31H44N3O6+. The van der Waals surface area contributed by atoms with Gasteiger partial charge in [-0.3, -0.25) is 14.5 Å². The first kappa shape index (κ1) is 29.7. The third kappa shape index (κ3) is 7.06. The Balaban J connectivity index is 1.63. The van der Waals surface area contributed by atoms with Crippen LogP contribution in [0.3, 0.4) is 0 Å². The monoisotopic (exact) mass is 554 g/mol. The molecule has 0 saturated carbocycles. The second-order valence-electron chi connectivity index (χ2n) is 11.8. The smallest absolute Gasteiger partial charge is 0.309 e. The number of hydrogen-bond acceptors (Lipinski definition) is 6. The summed E-state index contributed by atoms with van der Waals surface area (Å²) in [5.41, 5.74) is 1.73. The average molecular weight is 555 g/mol. The van der Waals surface area contributed by atoms with Gasteiger partial charge in [-0.1, -0.05) is 31.5 Å². The Kier molecular flexibility index (Phi) is 9.58. The van der Waals surface area contributed by atoms with Gasteiger partial charge in [0.05, 0.1) is 47.3 Å². The van der Waals surface area contributed by atoms with Crippen molar-refractivity contribution in [2.45, 2.75) is 38.1 Å². The van der Waals surface area contributed by atoms with Crippen molar-refractivity contribution < 1.29 is 33.4 Å². The van der Waals surface area contributed by atoms with Crippen molar-refractivity contribution in [3.05, 3.63) is 53.6 Å². The van der Waals surface area contributed by atoms with E-state index in [4.69, 9.17) is 14.2 Å². The molecule has 2 aromatic carbocycles. The van der Waals surface area contributed by atoms with E-state index < -0.39 is 17.9 Å². The predicted molar refractivity (Wildman–Crippen MR) is 153 cm³/mol. The third-order valence-corrected chi connectivity index (χ3v) is 7.90. The highest BCUT2D eigenvalue weighted by Gasteiger charge is 2.48. The predicted octanol–water partition coefficient (Wildman–Crippen LogP) is 3.99. The fourth-order valence-electron chi connectivity index (χ4n) is 5.79. The molecule has 0 spiro atoms. The van der Waals surface area contributed by atoms with Crippen molar-refractivity contribution in [2.75, 3.05) is 67.8 Å². The van der Waals surface area contributed by atoms with E-state index in [1.807, 2.05) is 47.4 Å². The lowest BCUT2D eigenvalue weighted by Gasteiger charge is -2.31. The van der Waals surface area contributed by atoms with Crippen LogP contribution in [0.2, 0.25) is 0 Å². The van der Waals surface area contributed by atoms with Gasteiger partial charge in [0.2, 0.25) is 12.7 Å². The number of hydrogen-bond donors (Lipinski definition) is 1. The fourth-order valence-corrected chi connectivity index (χ4v) is 5.79. The van der Waals surface area contributed by atoms with E-state index in [1.165, 1.54) is 0 Å². The number of methoxy groups -OCH3 is 1. The second kappa shape index (κ2) is 12.9. The number of amides is 1. The van der Waals surface area contributed by atoms with Crippen LogP contribution in [-0.4, -0.2) is 99.0 Å². The van der Waals surface area contributed by atoms with E-state index in [0.717, 1.165) is 41.4 Å². The number of quaternary nitrogens is 1. The van der Waals surface area contributed by atoms with Crippen LogP contribution in [0.4, 0.5) is 0 Å². The fraction of sp³-hybridized carbons (Fsp3) is 0.548. The van der Waals surface area contributed by atoms with E-state index in [2.05, 4.69) is 33.0 Å². The summed E-state index contributed by atoms with van der Waals surface area (Å²) in [6.07, 6.45) is 2.86. The molecule has 3 atom stereocenters. The number of likely N-dealkylation sites (tertiary alicyclic amines) is 1. The first-order valence-electron chi connectivity index (χ1n) is 14.2. The van der Waals surface area contributed by atoms with Gasteiger partial charge in [-0.05, 0) is 41.8 Å². The molecule has 1 fully saturated rings. The highest BCUT2D eigenvalue weighted by molar-refractivity contribution is 5.79. The van der Waals surface area contributed by atoms with Gasteiger partial charge < -0.3 is 28.7 Å². The summed E-state index contributed by atoms with van der Waals surface area (Å²) in [6, 6.07) is 12.7. The molecule has 2 aliphatic rings. The quantitative estimate of drug-likeness (QED) is 0.375. The van der Waals surface area contributed by atoms with Crippen molar-refractivity contribution in [2.24, 2.45) is 5.92 Å². The zero-order valence-corrected chi connectivity index (χ0v) is 24.5. The SMILES string of the molecule is CCCCN(CCC[N+](C)(C)C)C(=O)CN1C[C@H](c2ccc3c(c2)OCO3)[C@H](C(=O)O)[C@H]1c1ccc(OC)cc1.